The molecule has 0 fully saturated rings. The molecule has 3 rings (SSSR count). The molecule has 0 aliphatic heterocycles. The number of hydrogen-bond donors (Lipinski definition) is 1. The van der Waals surface area contributed by atoms with Gasteiger partial charge in [0.2, 0.25) is 0 Å². The minimum absolute atomic E-state index is 0.203. The van der Waals surface area contributed by atoms with E-state index in [1.165, 1.54) is 11.7 Å². The summed E-state index contributed by atoms with van der Waals surface area (Å²) in [6.07, 6.45) is -0.203. The van der Waals surface area contributed by atoms with Crippen LogP contribution in [-0.2, 0) is 11.2 Å². The number of benzene rings is 2. The molecule has 0 amide bonds. The van der Waals surface area contributed by atoms with Crippen LogP contribution in [-0.4, -0.2) is 28.7 Å². The van der Waals surface area contributed by atoms with Gasteiger partial charge >= 0.3 is 5.97 Å². The Morgan fingerprint density at radius 3 is 2.52 bits per heavy atom. The van der Waals surface area contributed by atoms with Crippen molar-refractivity contribution in [1.29, 1.82) is 0 Å². The summed E-state index contributed by atoms with van der Waals surface area (Å²) in [4.78, 5) is 24.4. The molecule has 1 N–H and O–H groups in total. The van der Waals surface area contributed by atoms with Gasteiger partial charge in [0.15, 0.2) is 0 Å². The maximum absolute atomic E-state index is 13.1. The average molecular weight is 358 g/mol. The number of aromatic nitrogens is 1. The minimum atomic E-state index is -0.974. The van der Waals surface area contributed by atoms with Crippen molar-refractivity contribution < 1.29 is 19.4 Å². The Morgan fingerprint density at radius 2 is 1.88 bits per heavy atom. The molecule has 1 aromatic heterocycles. The molecule has 3 aromatic rings. The summed E-state index contributed by atoms with van der Waals surface area (Å²) in [5, 5.41) is 10.2. The fraction of sp³-hybridized carbons (Fsp3) is 0.158. The minimum Gasteiger partial charge on any atom is -0.496 e. The first-order chi connectivity index (χ1) is 12.0. The zero-order chi connectivity index (χ0) is 18.1. The number of carbonyl (C=O) groups is 2. The highest BCUT2D eigenvalue weighted by Gasteiger charge is 2.24. The van der Waals surface area contributed by atoms with Crippen LogP contribution >= 0.6 is 11.6 Å². The lowest BCUT2D eigenvalue weighted by Crippen LogP contribution is -2.14. The summed E-state index contributed by atoms with van der Waals surface area (Å²) in [7, 11) is 1.52. The molecule has 0 radical (unpaired) electrons. The third kappa shape index (κ3) is 2.87. The molecule has 0 saturated heterocycles. The average Bonchev–Trinajstić information content (AvgIpc) is 2.86. The first-order valence-electron chi connectivity index (χ1n) is 7.63. The Kier molecular flexibility index (Phi) is 4.51. The van der Waals surface area contributed by atoms with E-state index in [0.29, 0.717) is 38.5 Å². The van der Waals surface area contributed by atoms with Crippen molar-refractivity contribution in [3.63, 3.8) is 0 Å². The highest BCUT2D eigenvalue weighted by Crippen LogP contribution is 2.34. The topological polar surface area (TPSA) is 68.5 Å². The van der Waals surface area contributed by atoms with Gasteiger partial charge in [-0.3, -0.25) is 14.2 Å². The largest absolute Gasteiger partial charge is 0.496 e. The third-order valence-electron chi connectivity index (χ3n) is 4.17. The molecular formula is C19H16ClNO4. The molecule has 1 heterocycles. The Hall–Kier alpha value is -2.79. The van der Waals surface area contributed by atoms with Gasteiger partial charge in [-0.2, -0.15) is 0 Å². The number of carboxylic acids is 1. The Morgan fingerprint density at radius 1 is 1.16 bits per heavy atom. The number of ether oxygens (including phenoxy) is 1. The van der Waals surface area contributed by atoms with Gasteiger partial charge in [-0.05, 0) is 36.8 Å². The number of carbonyl (C=O) groups excluding carboxylic acids is 1. The smallest absolute Gasteiger partial charge is 0.307 e. The van der Waals surface area contributed by atoms with E-state index in [1.807, 2.05) is 0 Å². The standard InChI is InChI=1S/C19H16ClNO4/c1-11-13(10-17(22)23)18-15(8-5-9-16(18)25-2)21(11)19(24)12-6-3-4-7-14(12)20/h3-9H,10H2,1-2H3,(H,22,23). The van der Waals surface area contributed by atoms with Crippen molar-refractivity contribution >= 4 is 34.4 Å². The molecule has 0 bridgehead atoms. The predicted octanol–water partition coefficient (Wildman–Crippen LogP) is 3.93. The number of methoxy groups -OCH3 is 1. The second kappa shape index (κ2) is 6.61. The maximum atomic E-state index is 13.1. The van der Waals surface area contributed by atoms with Gasteiger partial charge in [0, 0.05) is 11.1 Å². The van der Waals surface area contributed by atoms with Gasteiger partial charge in [0.25, 0.3) is 5.91 Å². The molecule has 0 aliphatic carbocycles. The summed E-state index contributed by atoms with van der Waals surface area (Å²) in [5.74, 6) is -0.751. The van der Waals surface area contributed by atoms with Crippen LogP contribution in [0.25, 0.3) is 10.9 Å². The van der Waals surface area contributed by atoms with Gasteiger partial charge in [0.05, 0.1) is 29.6 Å². The molecule has 0 unspecified atom stereocenters. The molecular weight excluding hydrogens is 342 g/mol. The molecule has 128 valence electrons. The molecule has 0 aliphatic rings. The van der Waals surface area contributed by atoms with Crippen LogP contribution in [0.2, 0.25) is 5.02 Å². The lowest BCUT2D eigenvalue weighted by atomic mass is 10.1. The lowest BCUT2D eigenvalue weighted by Gasteiger charge is -2.09. The molecule has 6 heteroatoms. The highest BCUT2D eigenvalue weighted by atomic mass is 35.5. The fourth-order valence-electron chi connectivity index (χ4n) is 3.06. The van der Waals surface area contributed by atoms with Crippen LogP contribution < -0.4 is 4.74 Å². The first kappa shape index (κ1) is 17.0. The van der Waals surface area contributed by atoms with E-state index in [0.717, 1.165) is 0 Å². The van der Waals surface area contributed by atoms with Crippen LogP contribution in [0.15, 0.2) is 42.5 Å². The quantitative estimate of drug-likeness (QED) is 0.768. The van der Waals surface area contributed by atoms with Gasteiger partial charge < -0.3 is 9.84 Å². The number of halogens is 1. The number of carboxylic acid groups (broad SMARTS) is 1. The van der Waals surface area contributed by atoms with Gasteiger partial charge in [-0.1, -0.05) is 29.8 Å². The van der Waals surface area contributed by atoms with E-state index in [1.54, 1.807) is 49.4 Å². The highest BCUT2D eigenvalue weighted by molar-refractivity contribution is 6.34. The van der Waals surface area contributed by atoms with E-state index < -0.39 is 5.97 Å². The van der Waals surface area contributed by atoms with Crippen molar-refractivity contribution in [2.75, 3.05) is 7.11 Å². The van der Waals surface area contributed by atoms with Gasteiger partial charge in [-0.15, -0.1) is 0 Å². The number of hydrogen-bond acceptors (Lipinski definition) is 3. The number of rotatable bonds is 4. The van der Waals surface area contributed by atoms with Crippen molar-refractivity contribution in [1.82, 2.24) is 4.57 Å². The normalized spacial score (nSPS) is 10.8. The Labute approximate surface area is 149 Å². The zero-order valence-electron chi connectivity index (χ0n) is 13.7. The maximum Gasteiger partial charge on any atom is 0.307 e. The Bertz CT molecular complexity index is 990. The Balaban J connectivity index is 2.32. The van der Waals surface area contributed by atoms with E-state index in [9.17, 15) is 14.7 Å². The van der Waals surface area contributed by atoms with Crippen LogP contribution in [0.5, 0.6) is 5.75 Å². The first-order valence-corrected chi connectivity index (χ1v) is 8.01. The second-order valence-electron chi connectivity index (χ2n) is 5.61. The van der Waals surface area contributed by atoms with Crippen molar-refractivity contribution in [2.45, 2.75) is 13.3 Å². The van der Waals surface area contributed by atoms with Crippen molar-refractivity contribution in [3.05, 3.63) is 64.3 Å². The fourth-order valence-corrected chi connectivity index (χ4v) is 3.28. The SMILES string of the molecule is COc1cccc2c1c(CC(=O)O)c(C)n2C(=O)c1ccccc1Cl. The van der Waals surface area contributed by atoms with Crippen LogP contribution in [0.4, 0.5) is 0 Å². The van der Waals surface area contributed by atoms with E-state index in [4.69, 9.17) is 16.3 Å². The van der Waals surface area contributed by atoms with Crippen molar-refractivity contribution in [2.24, 2.45) is 0 Å². The lowest BCUT2D eigenvalue weighted by molar-refractivity contribution is -0.136. The summed E-state index contributed by atoms with van der Waals surface area (Å²) in [6.45, 7) is 1.73. The van der Waals surface area contributed by atoms with E-state index in [-0.39, 0.29) is 12.3 Å². The molecule has 0 atom stereocenters. The summed E-state index contributed by atoms with van der Waals surface area (Å²) >= 11 is 6.17. The summed E-state index contributed by atoms with van der Waals surface area (Å²) < 4.78 is 6.88. The van der Waals surface area contributed by atoms with E-state index in [2.05, 4.69) is 0 Å². The monoisotopic (exact) mass is 357 g/mol. The summed E-state index contributed by atoms with van der Waals surface area (Å²) in [5.41, 5.74) is 2.07. The molecule has 2 aromatic carbocycles. The van der Waals surface area contributed by atoms with Crippen molar-refractivity contribution in [3.8, 4) is 5.75 Å². The number of aliphatic carboxylic acids is 1. The van der Waals surface area contributed by atoms with Gasteiger partial charge in [-0.25, -0.2) is 0 Å². The van der Waals surface area contributed by atoms with Gasteiger partial charge in [0.1, 0.15) is 5.75 Å². The third-order valence-corrected chi connectivity index (χ3v) is 4.50. The molecule has 0 spiro atoms. The molecule has 25 heavy (non-hydrogen) atoms. The molecule has 5 nitrogen and oxygen atoms in total. The zero-order valence-corrected chi connectivity index (χ0v) is 14.5. The van der Waals surface area contributed by atoms with Crippen LogP contribution in [0, 0.1) is 6.92 Å². The number of fused-ring (bicyclic) bond motifs is 1. The number of nitrogens with zero attached hydrogens (tertiary/aromatic N) is 1. The van der Waals surface area contributed by atoms with E-state index >= 15 is 0 Å². The second-order valence-corrected chi connectivity index (χ2v) is 6.02. The molecule has 0 saturated carbocycles. The summed E-state index contributed by atoms with van der Waals surface area (Å²) in [6, 6.07) is 12.1. The van der Waals surface area contributed by atoms with Crippen LogP contribution in [0.3, 0.4) is 0 Å². The predicted molar refractivity (Wildman–Crippen MR) is 95.7 cm³/mol. The van der Waals surface area contributed by atoms with Crippen LogP contribution in [0.1, 0.15) is 21.6 Å².